The molecule has 2 N–H and O–H groups in total. The van der Waals surface area contributed by atoms with Gasteiger partial charge in [0.2, 0.25) is 0 Å². The van der Waals surface area contributed by atoms with Crippen molar-refractivity contribution >= 4 is 27.6 Å². The zero-order chi connectivity index (χ0) is 21.8. The first-order valence-corrected chi connectivity index (χ1v) is 10.3. The van der Waals surface area contributed by atoms with Crippen LogP contribution in [0, 0.1) is 6.92 Å². The summed E-state index contributed by atoms with van der Waals surface area (Å²) in [6, 6.07) is 8.43. The van der Waals surface area contributed by atoms with E-state index in [4.69, 9.17) is 4.74 Å². The maximum Gasteiger partial charge on any atom is 0.337 e. The summed E-state index contributed by atoms with van der Waals surface area (Å²) in [5, 5.41) is 2.71. The number of anilines is 1. The van der Waals surface area contributed by atoms with E-state index in [2.05, 4.69) is 14.8 Å². The first-order chi connectivity index (χ1) is 13.6. The molecule has 156 valence electrons. The predicted octanol–water partition coefficient (Wildman–Crippen LogP) is 2.73. The molecule has 2 aromatic carbocycles. The molecule has 0 bridgehead atoms. The van der Waals surface area contributed by atoms with Crippen molar-refractivity contribution in [3.05, 3.63) is 53.1 Å². The average molecular weight is 420 g/mol. The number of methoxy groups -OCH3 is 2. The molecule has 0 saturated carbocycles. The highest BCUT2D eigenvalue weighted by atomic mass is 32.2. The van der Waals surface area contributed by atoms with E-state index in [1.807, 2.05) is 0 Å². The average Bonchev–Trinajstić information content (AvgIpc) is 2.67. The third-order valence-corrected chi connectivity index (χ3v) is 5.41. The van der Waals surface area contributed by atoms with Crippen molar-refractivity contribution in [1.29, 1.82) is 0 Å². The van der Waals surface area contributed by atoms with Gasteiger partial charge in [0.25, 0.3) is 15.9 Å². The van der Waals surface area contributed by atoms with Crippen molar-refractivity contribution in [2.75, 3.05) is 18.9 Å². The van der Waals surface area contributed by atoms with Crippen LogP contribution >= 0.6 is 0 Å². The Bertz CT molecular complexity index is 1030. The van der Waals surface area contributed by atoms with Crippen molar-refractivity contribution in [3.63, 3.8) is 0 Å². The number of benzene rings is 2. The van der Waals surface area contributed by atoms with E-state index in [0.717, 1.165) is 0 Å². The molecule has 2 rings (SSSR count). The molecular weight excluding hydrogens is 396 g/mol. The van der Waals surface area contributed by atoms with Gasteiger partial charge in [-0.15, -0.1) is 0 Å². The molecule has 1 amide bonds. The lowest BCUT2D eigenvalue weighted by Crippen LogP contribution is -2.30. The number of carbonyl (C=O) groups excluding carboxylic acids is 2. The lowest BCUT2D eigenvalue weighted by atomic mass is 10.1. The number of nitrogens with one attached hydrogen (secondary N) is 2. The highest BCUT2D eigenvalue weighted by Gasteiger charge is 2.21. The van der Waals surface area contributed by atoms with E-state index < -0.39 is 21.9 Å². The molecule has 0 atom stereocenters. The number of esters is 1. The van der Waals surface area contributed by atoms with Gasteiger partial charge in [0, 0.05) is 6.04 Å². The summed E-state index contributed by atoms with van der Waals surface area (Å²) < 4.78 is 38.1. The molecule has 9 heteroatoms. The summed E-state index contributed by atoms with van der Waals surface area (Å²) >= 11 is 0. The van der Waals surface area contributed by atoms with E-state index in [1.54, 1.807) is 32.9 Å². The number of rotatable bonds is 7. The normalized spacial score (nSPS) is 11.1. The second-order valence-corrected chi connectivity index (χ2v) is 8.30. The highest BCUT2D eigenvalue weighted by Crippen LogP contribution is 2.26. The van der Waals surface area contributed by atoms with Crippen molar-refractivity contribution in [2.45, 2.75) is 31.7 Å². The molecule has 0 unspecified atom stereocenters. The van der Waals surface area contributed by atoms with Gasteiger partial charge in [-0.2, -0.15) is 0 Å². The summed E-state index contributed by atoms with van der Waals surface area (Å²) in [5.41, 5.74) is 1.16. The van der Waals surface area contributed by atoms with E-state index in [-0.39, 0.29) is 33.5 Å². The Balaban J connectivity index is 2.44. The van der Waals surface area contributed by atoms with Gasteiger partial charge >= 0.3 is 5.97 Å². The molecule has 0 aliphatic heterocycles. The second kappa shape index (κ2) is 8.95. The fourth-order valence-electron chi connectivity index (χ4n) is 2.55. The van der Waals surface area contributed by atoms with Gasteiger partial charge in [-0.3, -0.25) is 9.52 Å². The molecule has 0 heterocycles. The zero-order valence-electron chi connectivity index (χ0n) is 16.9. The summed E-state index contributed by atoms with van der Waals surface area (Å²) in [4.78, 5) is 24.0. The van der Waals surface area contributed by atoms with Crippen molar-refractivity contribution in [3.8, 4) is 5.75 Å². The van der Waals surface area contributed by atoms with Crippen LogP contribution in [0.1, 0.15) is 40.1 Å². The van der Waals surface area contributed by atoms with E-state index >= 15 is 0 Å². The summed E-state index contributed by atoms with van der Waals surface area (Å²) in [5.74, 6) is -0.772. The van der Waals surface area contributed by atoms with E-state index in [9.17, 15) is 18.0 Å². The first-order valence-electron chi connectivity index (χ1n) is 8.79. The van der Waals surface area contributed by atoms with Crippen LogP contribution in [-0.4, -0.2) is 40.6 Å². The quantitative estimate of drug-likeness (QED) is 0.667. The number of amides is 1. The van der Waals surface area contributed by atoms with Crippen LogP contribution < -0.4 is 14.8 Å². The maximum absolute atomic E-state index is 12.9. The first kappa shape index (κ1) is 22.2. The number of sulfonamides is 1. The standard InChI is InChI=1S/C20H24N2O6S/c1-12(2)21-19(23)16-11-15(8-9-18(16)27-4)29(25,26)22-17-10-14(20(24)28-5)7-6-13(17)3/h6-12,22H,1-5H3,(H,21,23). The molecule has 8 nitrogen and oxygen atoms in total. The Kier molecular flexibility index (Phi) is 6.86. The SMILES string of the molecule is COC(=O)c1ccc(C)c(NS(=O)(=O)c2ccc(OC)c(C(=O)NC(C)C)c2)c1. The Hall–Kier alpha value is -3.07. The molecule has 0 aliphatic rings. The smallest absolute Gasteiger partial charge is 0.337 e. The molecule has 29 heavy (non-hydrogen) atoms. The molecule has 0 saturated heterocycles. The lowest BCUT2D eigenvalue weighted by molar-refractivity contribution is 0.0600. The van der Waals surface area contributed by atoms with Gasteiger partial charge in [0.05, 0.1) is 35.9 Å². The summed E-state index contributed by atoms with van der Waals surface area (Å²) in [6.07, 6.45) is 0. The van der Waals surface area contributed by atoms with Crippen LogP contribution in [0.2, 0.25) is 0 Å². The molecule has 0 aliphatic carbocycles. The second-order valence-electron chi connectivity index (χ2n) is 6.62. The molecule has 0 aromatic heterocycles. The maximum atomic E-state index is 12.9. The largest absolute Gasteiger partial charge is 0.496 e. The minimum atomic E-state index is -4.03. The van der Waals surface area contributed by atoms with Crippen LogP contribution in [0.5, 0.6) is 5.75 Å². The molecule has 2 aromatic rings. The van der Waals surface area contributed by atoms with Gasteiger partial charge in [-0.1, -0.05) is 6.07 Å². The number of carbonyl (C=O) groups is 2. The third-order valence-electron chi connectivity index (χ3n) is 4.05. The molecule has 0 radical (unpaired) electrons. The highest BCUT2D eigenvalue weighted by molar-refractivity contribution is 7.92. The van der Waals surface area contributed by atoms with Crippen LogP contribution in [0.3, 0.4) is 0 Å². The van der Waals surface area contributed by atoms with Gasteiger partial charge in [-0.25, -0.2) is 13.2 Å². The minimum Gasteiger partial charge on any atom is -0.496 e. The molecular formula is C20H24N2O6S. The zero-order valence-corrected chi connectivity index (χ0v) is 17.7. The Morgan fingerprint density at radius 2 is 1.72 bits per heavy atom. The van der Waals surface area contributed by atoms with Gasteiger partial charge in [0.15, 0.2) is 0 Å². The predicted molar refractivity (Wildman–Crippen MR) is 109 cm³/mol. The number of hydrogen-bond donors (Lipinski definition) is 2. The summed E-state index contributed by atoms with van der Waals surface area (Å²) in [7, 11) is -1.39. The Morgan fingerprint density at radius 1 is 1.03 bits per heavy atom. The fraction of sp³-hybridized carbons (Fsp3) is 0.300. The van der Waals surface area contributed by atoms with Crippen LogP contribution in [0.15, 0.2) is 41.3 Å². The van der Waals surface area contributed by atoms with Crippen molar-refractivity contribution < 1.29 is 27.5 Å². The number of aryl methyl sites for hydroxylation is 1. The molecule has 0 spiro atoms. The van der Waals surface area contributed by atoms with Crippen molar-refractivity contribution in [2.24, 2.45) is 0 Å². The summed E-state index contributed by atoms with van der Waals surface area (Å²) in [6.45, 7) is 5.29. The van der Waals surface area contributed by atoms with Crippen molar-refractivity contribution in [1.82, 2.24) is 5.32 Å². The monoisotopic (exact) mass is 420 g/mol. The van der Waals surface area contributed by atoms with E-state index in [0.29, 0.717) is 5.56 Å². The lowest BCUT2D eigenvalue weighted by Gasteiger charge is -2.15. The van der Waals surface area contributed by atoms with Gasteiger partial charge in [0.1, 0.15) is 5.75 Å². The number of hydrogen-bond acceptors (Lipinski definition) is 6. The third kappa shape index (κ3) is 5.26. The topological polar surface area (TPSA) is 111 Å². The van der Waals surface area contributed by atoms with Gasteiger partial charge in [-0.05, 0) is 56.7 Å². The number of ether oxygens (including phenoxy) is 2. The van der Waals surface area contributed by atoms with Crippen LogP contribution in [0.25, 0.3) is 0 Å². The van der Waals surface area contributed by atoms with Crippen LogP contribution in [0.4, 0.5) is 5.69 Å². The Labute approximate surface area is 170 Å². The van der Waals surface area contributed by atoms with Crippen LogP contribution in [-0.2, 0) is 14.8 Å². The van der Waals surface area contributed by atoms with Gasteiger partial charge < -0.3 is 14.8 Å². The minimum absolute atomic E-state index is 0.101. The molecule has 0 fully saturated rings. The fourth-order valence-corrected chi connectivity index (χ4v) is 3.70. The Morgan fingerprint density at radius 3 is 2.31 bits per heavy atom. The van der Waals surface area contributed by atoms with E-state index in [1.165, 1.54) is 38.5 Å².